The fourth-order valence-corrected chi connectivity index (χ4v) is 3.40. The summed E-state index contributed by atoms with van der Waals surface area (Å²) in [4.78, 5) is 32.0. The zero-order valence-corrected chi connectivity index (χ0v) is 12.8. The van der Waals surface area contributed by atoms with E-state index in [4.69, 9.17) is 10.8 Å². The lowest BCUT2D eigenvalue weighted by Crippen LogP contribution is -2.34. The van der Waals surface area contributed by atoms with Crippen LogP contribution in [0, 0.1) is 0 Å². The first-order valence-electron chi connectivity index (χ1n) is 5.94. The summed E-state index contributed by atoms with van der Waals surface area (Å²) in [5.74, 6) is -2.90. The smallest absolute Gasteiger partial charge is 0.303 e. The average molecular weight is 337 g/mol. The number of carbonyl (C=O) groups is 2. The molecule has 9 heteroatoms. The first-order valence-corrected chi connectivity index (χ1v) is 7.86. The molecular weight excluding hydrogens is 319 g/mol. The molecule has 118 valence electrons. The van der Waals surface area contributed by atoms with Crippen molar-refractivity contribution in [2.45, 2.75) is 12.2 Å². The number of hydrogen-bond donors (Lipinski definition) is 4. The largest absolute Gasteiger partial charge is 0.481 e. The summed E-state index contributed by atoms with van der Waals surface area (Å²) in [5.41, 5.74) is 5.62. The minimum absolute atomic E-state index is 0. The summed E-state index contributed by atoms with van der Waals surface area (Å²) in [6.07, 6.45) is -0.873. The molecule has 0 aliphatic rings. The Morgan fingerprint density at radius 3 is 2.33 bits per heavy atom. The van der Waals surface area contributed by atoms with Crippen LogP contribution >= 0.6 is 19.8 Å². The molecule has 1 aromatic rings. The van der Waals surface area contributed by atoms with Gasteiger partial charge in [-0.1, -0.05) is 30.3 Å². The second kappa shape index (κ2) is 8.79. The lowest BCUT2D eigenvalue weighted by molar-refractivity contribution is -0.136. The van der Waals surface area contributed by atoms with E-state index in [1.807, 2.05) is 0 Å². The first-order chi connectivity index (χ1) is 9.36. The van der Waals surface area contributed by atoms with Crippen molar-refractivity contribution in [3.8, 4) is 0 Å². The molecule has 5 N–H and O–H groups in total. The Labute approximate surface area is 128 Å². The van der Waals surface area contributed by atoms with Crippen LogP contribution in [0.5, 0.6) is 0 Å². The molecule has 0 fully saturated rings. The maximum atomic E-state index is 12.3. The first kappa shape index (κ1) is 19.6. The third-order valence-corrected chi connectivity index (χ3v) is 4.75. The van der Waals surface area contributed by atoms with Gasteiger partial charge in [0.05, 0.1) is 13.0 Å². The summed E-state index contributed by atoms with van der Waals surface area (Å²) < 4.78 is 12.3. The van der Waals surface area contributed by atoms with Gasteiger partial charge in [-0.15, -0.1) is 12.4 Å². The van der Waals surface area contributed by atoms with Crippen LogP contribution in [0.4, 0.5) is 0 Å². The number of rotatable bonds is 7. The summed E-state index contributed by atoms with van der Waals surface area (Å²) in [5, 5.41) is 11.0. The highest BCUT2D eigenvalue weighted by molar-refractivity contribution is 7.58. The minimum atomic E-state index is -3.91. The van der Waals surface area contributed by atoms with Crippen LogP contribution in [0.3, 0.4) is 0 Å². The molecule has 21 heavy (non-hydrogen) atoms. The lowest BCUT2D eigenvalue weighted by Gasteiger charge is -2.24. The Hall–Kier alpha value is -1.40. The lowest BCUT2D eigenvalue weighted by atomic mass is 10.2. The van der Waals surface area contributed by atoms with Crippen molar-refractivity contribution in [3.05, 3.63) is 35.9 Å². The van der Waals surface area contributed by atoms with Crippen LogP contribution in [0.1, 0.15) is 17.8 Å². The fraction of sp³-hybridized carbons (Fsp3) is 0.333. The summed E-state index contributed by atoms with van der Waals surface area (Å²) in [7, 11) is -3.91. The number of carboxylic acid groups (broad SMARTS) is 1. The van der Waals surface area contributed by atoms with Crippen LogP contribution in [0.25, 0.3) is 0 Å². The van der Waals surface area contributed by atoms with Crippen molar-refractivity contribution < 1.29 is 24.2 Å². The zero-order valence-electron chi connectivity index (χ0n) is 11.1. The molecule has 0 bridgehead atoms. The number of carbonyl (C=O) groups excluding carboxylic acids is 1. The van der Waals surface area contributed by atoms with Gasteiger partial charge in [0, 0.05) is 6.16 Å². The monoisotopic (exact) mass is 336 g/mol. The predicted octanol–water partition coefficient (Wildman–Crippen LogP) is 0.927. The molecule has 0 aliphatic heterocycles. The number of nitrogens with two attached hydrogens (primary N) is 1. The van der Waals surface area contributed by atoms with Gasteiger partial charge < -0.3 is 21.1 Å². The summed E-state index contributed by atoms with van der Waals surface area (Å²) >= 11 is 0. The minimum Gasteiger partial charge on any atom is -0.481 e. The summed E-state index contributed by atoms with van der Waals surface area (Å²) in [6, 6.07) is 8.23. The molecule has 0 heterocycles. The van der Waals surface area contributed by atoms with E-state index in [1.54, 1.807) is 30.3 Å². The van der Waals surface area contributed by atoms with Crippen molar-refractivity contribution in [2.24, 2.45) is 5.73 Å². The molecule has 1 rings (SSSR count). The number of hydrogen-bond acceptors (Lipinski definition) is 4. The van der Waals surface area contributed by atoms with E-state index in [9.17, 15) is 19.0 Å². The van der Waals surface area contributed by atoms with Gasteiger partial charge in [-0.3, -0.25) is 14.2 Å². The van der Waals surface area contributed by atoms with Crippen LogP contribution in [-0.2, 0) is 14.2 Å². The third kappa shape index (κ3) is 6.27. The maximum absolute atomic E-state index is 12.3. The molecule has 1 amide bonds. The van der Waals surface area contributed by atoms with E-state index in [1.165, 1.54) is 0 Å². The van der Waals surface area contributed by atoms with Crippen LogP contribution in [0.15, 0.2) is 30.3 Å². The van der Waals surface area contributed by atoms with Crippen LogP contribution < -0.4 is 11.1 Å². The van der Waals surface area contributed by atoms with Crippen molar-refractivity contribution in [3.63, 3.8) is 0 Å². The van der Waals surface area contributed by atoms with E-state index in [0.717, 1.165) is 0 Å². The van der Waals surface area contributed by atoms with E-state index < -0.39 is 37.6 Å². The molecule has 2 atom stereocenters. The second-order valence-corrected chi connectivity index (χ2v) is 6.68. The molecule has 0 aliphatic carbocycles. The van der Waals surface area contributed by atoms with E-state index in [0.29, 0.717) is 5.56 Å². The highest BCUT2D eigenvalue weighted by atomic mass is 35.5. The van der Waals surface area contributed by atoms with Gasteiger partial charge in [0.15, 0.2) is 0 Å². The van der Waals surface area contributed by atoms with Crippen molar-refractivity contribution in [1.82, 2.24) is 5.32 Å². The van der Waals surface area contributed by atoms with E-state index >= 15 is 0 Å². The zero-order chi connectivity index (χ0) is 15.2. The second-order valence-electron chi connectivity index (χ2n) is 4.21. The molecule has 0 saturated heterocycles. The summed E-state index contributed by atoms with van der Waals surface area (Å²) in [6.45, 7) is -0.317. The fourth-order valence-electron chi connectivity index (χ4n) is 1.65. The molecular formula is C12H18ClN2O5P. The number of amides is 1. The van der Waals surface area contributed by atoms with Gasteiger partial charge in [-0.05, 0) is 5.56 Å². The average Bonchev–Trinajstić information content (AvgIpc) is 2.43. The molecule has 2 unspecified atom stereocenters. The number of nitrogens with one attached hydrogen (secondary N) is 1. The van der Waals surface area contributed by atoms with Crippen LogP contribution in [-0.4, -0.2) is 34.6 Å². The van der Waals surface area contributed by atoms with Crippen molar-refractivity contribution in [2.75, 3.05) is 12.7 Å². The van der Waals surface area contributed by atoms with Crippen molar-refractivity contribution in [1.29, 1.82) is 0 Å². The van der Waals surface area contributed by atoms with Gasteiger partial charge in [0.2, 0.25) is 13.3 Å². The molecule has 7 nitrogen and oxygen atoms in total. The molecule has 0 spiro atoms. The molecule has 0 aromatic heterocycles. The van der Waals surface area contributed by atoms with Gasteiger partial charge in [-0.25, -0.2) is 0 Å². The number of aliphatic carboxylic acids is 1. The molecule has 0 saturated carbocycles. The van der Waals surface area contributed by atoms with Crippen molar-refractivity contribution >= 4 is 31.7 Å². The quantitative estimate of drug-likeness (QED) is 0.548. The molecule has 0 radical (unpaired) electrons. The third-order valence-electron chi connectivity index (χ3n) is 2.65. The Kier molecular flexibility index (Phi) is 8.21. The standard InChI is InChI=1S/C12H17N2O5P.ClH/c13-8-10(15)14-12(9-4-2-1-3-5-9)20(18,19)7-6-11(16)17;/h1-5,12H,6-8,13H2,(H,14,15)(H,16,17)(H,18,19);1H. The highest BCUT2D eigenvalue weighted by Crippen LogP contribution is 2.54. The number of halogens is 1. The van der Waals surface area contributed by atoms with E-state index in [-0.39, 0.29) is 19.0 Å². The molecule has 1 aromatic carbocycles. The maximum Gasteiger partial charge on any atom is 0.303 e. The highest BCUT2D eigenvalue weighted by Gasteiger charge is 2.33. The predicted molar refractivity (Wildman–Crippen MR) is 80.6 cm³/mol. The SMILES string of the molecule is Cl.NCC(=O)NC(c1ccccc1)P(=O)(O)CCC(=O)O. The van der Waals surface area contributed by atoms with Gasteiger partial charge in [-0.2, -0.15) is 0 Å². The Morgan fingerprint density at radius 1 is 1.29 bits per heavy atom. The van der Waals surface area contributed by atoms with E-state index in [2.05, 4.69) is 5.32 Å². The Morgan fingerprint density at radius 2 is 1.86 bits per heavy atom. The van der Waals surface area contributed by atoms with Gasteiger partial charge >= 0.3 is 5.97 Å². The Balaban J connectivity index is 0.00000400. The number of benzene rings is 1. The number of carboxylic acids is 1. The topological polar surface area (TPSA) is 130 Å². The normalized spacial score (nSPS) is 14.4. The van der Waals surface area contributed by atoms with Gasteiger partial charge in [0.25, 0.3) is 0 Å². The van der Waals surface area contributed by atoms with Gasteiger partial charge in [0.1, 0.15) is 5.78 Å². The van der Waals surface area contributed by atoms with Crippen LogP contribution in [0.2, 0.25) is 0 Å². The Bertz CT molecular complexity index is 526.